The summed E-state index contributed by atoms with van der Waals surface area (Å²) in [4.78, 5) is 1.47. The standard InChI is InChI=1S/C13H12S.C5H8/c1-9-6-7-11-10-4-2-3-5-12(10)14-13(11)8-9;1-3-5-4-2/h3,5-8H,2,4H2,1H3;3-5H,1H2,2H3/b;5-4-. The van der Waals surface area contributed by atoms with Crippen molar-refractivity contribution in [2.45, 2.75) is 26.7 Å². The molecule has 1 heterocycles. The van der Waals surface area contributed by atoms with E-state index in [-0.39, 0.29) is 0 Å². The molecule has 1 aliphatic carbocycles. The van der Waals surface area contributed by atoms with Crippen LogP contribution in [0.2, 0.25) is 0 Å². The second-order valence-electron chi connectivity index (χ2n) is 4.65. The van der Waals surface area contributed by atoms with E-state index in [0.717, 1.165) is 0 Å². The van der Waals surface area contributed by atoms with E-state index < -0.39 is 0 Å². The minimum Gasteiger partial charge on any atom is -0.136 e. The molecule has 3 rings (SSSR count). The number of allylic oxidation sites excluding steroid dienone is 4. The zero-order valence-corrected chi connectivity index (χ0v) is 12.5. The SMILES string of the molecule is C=C/C=C\C.Cc1ccc2c3c(sc2c1)C=CCC3. The van der Waals surface area contributed by atoms with Crippen molar-refractivity contribution in [3.8, 4) is 0 Å². The van der Waals surface area contributed by atoms with Crippen molar-refractivity contribution in [2.75, 3.05) is 0 Å². The molecule has 0 saturated carbocycles. The molecule has 0 fully saturated rings. The predicted octanol–water partition coefficient (Wildman–Crippen LogP) is 5.92. The van der Waals surface area contributed by atoms with Gasteiger partial charge in [0, 0.05) is 9.58 Å². The summed E-state index contributed by atoms with van der Waals surface area (Å²) in [5.41, 5.74) is 2.92. The van der Waals surface area contributed by atoms with E-state index in [1.807, 2.05) is 30.4 Å². The first-order valence-corrected chi connectivity index (χ1v) is 7.50. The lowest BCUT2D eigenvalue weighted by Gasteiger charge is -2.04. The highest BCUT2D eigenvalue weighted by atomic mass is 32.1. The maximum Gasteiger partial charge on any atom is 0.0354 e. The summed E-state index contributed by atoms with van der Waals surface area (Å²) in [6, 6.07) is 6.79. The van der Waals surface area contributed by atoms with Crippen LogP contribution in [0.5, 0.6) is 0 Å². The van der Waals surface area contributed by atoms with Gasteiger partial charge in [-0.25, -0.2) is 0 Å². The van der Waals surface area contributed by atoms with Gasteiger partial charge >= 0.3 is 0 Å². The van der Waals surface area contributed by atoms with Crippen molar-refractivity contribution in [3.05, 3.63) is 65.1 Å². The Morgan fingerprint density at radius 1 is 1.32 bits per heavy atom. The van der Waals surface area contributed by atoms with Gasteiger partial charge in [-0.3, -0.25) is 0 Å². The Bertz CT molecular complexity index is 626. The molecule has 98 valence electrons. The fourth-order valence-corrected chi connectivity index (χ4v) is 3.51. The third-order valence-electron chi connectivity index (χ3n) is 3.14. The number of benzene rings is 1. The maximum absolute atomic E-state index is 3.46. The Labute approximate surface area is 119 Å². The van der Waals surface area contributed by atoms with Gasteiger partial charge in [-0.15, -0.1) is 11.3 Å². The zero-order chi connectivity index (χ0) is 13.7. The van der Waals surface area contributed by atoms with Gasteiger partial charge in [0.2, 0.25) is 0 Å². The molecule has 0 aliphatic heterocycles. The molecule has 2 aromatic rings. The normalized spacial score (nSPS) is 13.2. The first kappa shape index (κ1) is 13.8. The van der Waals surface area contributed by atoms with Crippen LogP contribution in [-0.4, -0.2) is 0 Å². The van der Waals surface area contributed by atoms with Crippen LogP contribution >= 0.6 is 11.3 Å². The minimum absolute atomic E-state index is 1.20. The molecule has 19 heavy (non-hydrogen) atoms. The number of hydrogen-bond donors (Lipinski definition) is 0. The largest absolute Gasteiger partial charge is 0.136 e. The predicted molar refractivity (Wildman–Crippen MR) is 88.9 cm³/mol. The smallest absolute Gasteiger partial charge is 0.0354 e. The number of fused-ring (bicyclic) bond motifs is 3. The number of aryl methyl sites for hydroxylation is 2. The van der Waals surface area contributed by atoms with Gasteiger partial charge in [0.1, 0.15) is 0 Å². The van der Waals surface area contributed by atoms with E-state index >= 15 is 0 Å². The first-order chi connectivity index (χ1) is 9.26. The average molecular weight is 268 g/mol. The van der Waals surface area contributed by atoms with Gasteiger partial charge in [0.25, 0.3) is 0 Å². The van der Waals surface area contributed by atoms with Crippen molar-refractivity contribution in [1.29, 1.82) is 0 Å². The number of thiophene rings is 1. The summed E-state index contributed by atoms with van der Waals surface area (Å²) in [5, 5.41) is 1.47. The Kier molecular flexibility index (Phi) is 4.75. The first-order valence-electron chi connectivity index (χ1n) is 6.68. The lowest BCUT2D eigenvalue weighted by atomic mass is 10.0. The van der Waals surface area contributed by atoms with Crippen LogP contribution in [0, 0.1) is 6.92 Å². The van der Waals surface area contributed by atoms with Crippen LogP contribution in [-0.2, 0) is 6.42 Å². The molecule has 1 heteroatoms. The van der Waals surface area contributed by atoms with Gasteiger partial charge in [-0.05, 0) is 55.3 Å². The molecule has 0 N–H and O–H groups in total. The molecule has 0 bridgehead atoms. The maximum atomic E-state index is 3.46. The van der Waals surface area contributed by atoms with Crippen LogP contribution in [0.1, 0.15) is 29.3 Å². The summed E-state index contributed by atoms with van der Waals surface area (Å²) in [6.07, 6.45) is 12.6. The molecular weight excluding hydrogens is 248 g/mol. The summed E-state index contributed by atoms with van der Waals surface area (Å²) < 4.78 is 1.45. The monoisotopic (exact) mass is 268 g/mol. The molecule has 1 aromatic heterocycles. The lowest BCUT2D eigenvalue weighted by molar-refractivity contribution is 1.01. The molecule has 1 aromatic carbocycles. The van der Waals surface area contributed by atoms with Crippen LogP contribution in [0.3, 0.4) is 0 Å². The summed E-state index contributed by atoms with van der Waals surface area (Å²) in [7, 11) is 0. The topological polar surface area (TPSA) is 0 Å². The number of hydrogen-bond acceptors (Lipinski definition) is 1. The second-order valence-corrected chi connectivity index (χ2v) is 5.73. The van der Waals surface area contributed by atoms with Crippen molar-refractivity contribution < 1.29 is 0 Å². The Morgan fingerprint density at radius 2 is 2.16 bits per heavy atom. The molecule has 0 atom stereocenters. The Morgan fingerprint density at radius 3 is 2.84 bits per heavy atom. The molecule has 0 nitrogen and oxygen atoms in total. The average Bonchev–Trinajstić information content (AvgIpc) is 2.77. The molecule has 0 radical (unpaired) electrons. The molecular formula is C18H20S. The summed E-state index contributed by atoms with van der Waals surface area (Å²) >= 11 is 1.93. The van der Waals surface area contributed by atoms with Crippen molar-refractivity contribution in [2.24, 2.45) is 0 Å². The van der Waals surface area contributed by atoms with Gasteiger partial charge < -0.3 is 0 Å². The quantitative estimate of drug-likeness (QED) is 0.563. The van der Waals surface area contributed by atoms with Crippen LogP contribution in [0.25, 0.3) is 16.2 Å². The molecule has 0 unspecified atom stereocenters. The highest BCUT2D eigenvalue weighted by molar-refractivity contribution is 7.20. The molecule has 0 amide bonds. The van der Waals surface area contributed by atoms with Crippen molar-refractivity contribution >= 4 is 27.5 Å². The molecule has 0 saturated heterocycles. The molecule has 0 spiro atoms. The van der Waals surface area contributed by atoms with E-state index in [0.29, 0.717) is 0 Å². The van der Waals surface area contributed by atoms with Crippen molar-refractivity contribution in [3.63, 3.8) is 0 Å². The summed E-state index contributed by atoms with van der Waals surface area (Å²) in [6.45, 7) is 7.58. The van der Waals surface area contributed by atoms with Gasteiger partial charge in [0.05, 0.1) is 0 Å². The zero-order valence-electron chi connectivity index (χ0n) is 11.6. The lowest BCUT2D eigenvalue weighted by Crippen LogP contribution is -1.88. The fourth-order valence-electron chi connectivity index (χ4n) is 2.22. The van der Waals surface area contributed by atoms with E-state index in [1.165, 1.54) is 33.4 Å². The van der Waals surface area contributed by atoms with Crippen LogP contribution < -0.4 is 0 Å². The van der Waals surface area contributed by atoms with E-state index in [4.69, 9.17) is 0 Å². The van der Waals surface area contributed by atoms with E-state index in [1.54, 1.807) is 11.6 Å². The highest BCUT2D eigenvalue weighted by Gasteiger charge is 2.11. The van der Waals surface area contributed by atoms with Gasteiger partial charge in [-0.1, -0.05) is 43.0 Å². The van der Waals surface area contributed by atoms with Gasteiger partial charge in [0.15, 0.2) is 0 Å². The minimum atomic E-state index is 1.20. The Balaban J connectivity index is 0.000000232. The molecule has 1 aliphatic rings. The van der Waals surface area contributed by atoms with Crippen LogP contribution in [0.15, 0.2) is 49.1 Å². The second kappa shape index (κ2) is 6.53. The van der Waals surface area contributed by atoms with Crippen LogP contribution in [0.4, 0.5) is 0 Å². The highest BCUT2D eigenvalue weighted by Crippen LogP contribution is 2.35. The van der Waals surface area contributed by atoms with E-state index in [2.05, 4.69) is 43.9 Å². The fraction of sp³-hybridized carbons (Fsp3) is 0.222. The third-order valence-corrected chi connectivity index (χ3v) is 4.30. The van der Waals surface area contributed by atoms with Crippen molar-refractivity contribution in [1.82, 2.24) is 0 Å². The number of rotatable bonds is 1. The summed E-state index contributed by atoms with van der Waals surface area (Å²) in [5.74, 6) is 0. The van der Waals surface area contributed by atoms with Gasteiger partial charge in [-0.2, -0.15) is 0 Å². The van der Waals surface area contributed by atoms with E-state index in [9.17, 15) is 0 Å². The Hall–Kier alpha value is -1.60. The third kappa shape index (κ3) is 3.24.